The molecular weight excluding hydrogens is 352 g/mol. The summed E-state index contributed by atoms with van der Waals surface area (Å²) in [7, 11) is 0. The maximum atomic E-state index is 10.7. The topological polar surface area (TPSA) is 48.1 Å². The molecule has 1 heterocycles. The maximum absolute atomic E-state index is 10.7. The molecule has 0 atom stereocenters. The van der Waals surface area contributed by atoms with Crippen LogP contribution in [0.5, 0.6) is 0 Å². The lowest BCUT2D eigenvalue weighted by Crippen LogP contribution is -1.97. The van der Waals surface area contributed by atoms with Gasteiger partial charge in [-0.2, -0.15) is 0 Å². The fourth-order valence-corrected chi connectivity index (χ4v) is 3.52. The fourth-order valence-electron chi connectivity index (χ4n) is 2.15. The van der Waals surface area contributed by atoms with Crippen LogP contribution in [0.4, 0.5) is 5.69 Å². The third-order valence-electron chi connectivity index (χ3n) is 3.33. The minimum absolute atomic E-state index is 0.0814. The van der Waals surface area contributed by atoms with Gasteiger partial charge in [-0.05, 0) is 47.6 Å². The van der Waals surface area contributed by atoms with Gasteiger partial charge in [-0.3, -0.25) is 10.1 Å². The molecule has 0 aliphatic rings. The molecule has 7 heteroatoms. The minimum atomic E-state index is -0.405. The highest BCUT2D eigenvalue weighted by atomic mass is 35.5. The van der Waals surface area contributed by atoms with E-state index in [9.17, 15) is 10.1 Å². The molecule has 0 aliphatic heterocycles. The van der Waals surface area contributed by atoms with Gasteiger partial charge in [0, 0.05) is 29.9 Å². The molecule has 4 nitrogen and oxygen atoms in total. The van der Waals surface area contributed by atoms with Crippen molar-refractivity contribution in [3.8, 4) is 10.4 Å². The molecule has 3 rings (SSSR count). The Kier molecular flexibility index (Phi) is 4.56. The van der Waals surface area contributed by atoms with Gasteiger partial charge in [-0.15, -0.1) is 11.3 Å². The number of nitrogens with zero attached hydrogens (tertiary/aromatic N) is 2. The molecule has 3 aromatic rings. The molecule has 0 bridgehead atoms. The molecule has 0 saturated carbocycles. The predicted octanol–water partition coefficient (Wildman–Crippen LogP) is 5.56. The highest BCUT2D eigenvalue weighted by molar-refractivity contribution is 7.73. The summed E-state index contributed by atoms with van der Waals surface area (Å²) in [6.45, 7) is 0.666. The lowest BCUT2D eigenvalue weighted by atomic mass is 10.2. The van der Waals surface area contributed by atoms with Crippen molar-refractivity contribution in [2.75, 3.05) is 0 Å². The van der Waals surface area contributed by atoms with Gasteiger partial charge in [0.1, 0.15) is 0 Å². The number of rotatable bonds is 4. The van der Waals surface area contributed by atoms with Crippen LogP contribution >= 0.6 is 35.2 Å². The number of hydrogen-bond donors (Lipinski definition) is 0. The molecule has 0 unspecified atom stereocenters. The van der Waals surface area contributed by atoms with Crippen molar-refractivity contribution in [3.05, 3.63) is 79.4 Å². The first-order valence-corrected chi connectivity index (χ1v) is 8.33. The number of thiazole rings is 1. The molecule has 0 spiro atoms. The zero-order valence-corrected chi connectivity index (χ0v) is 14.2. The number of non-ortho nitro benzene ring substituents is 1. The van der Waals surface area contributed by atoms with Crippen molar-refractivity contribution < 1.29 is 4.92 Å². The van der Waals surface area contributed by atoms with Crippen LogP contribution in [0.1, 0.15) is 5.56 Å². The van der Waals surface area contributed by atoms with Crippen molar-refractivity contribution >= 4 is 40.8 Å². The molecule has 23 heavy (non-hydrogen) atoms. The average Bonchev–Trinajstić information content (AvgIpc) is 2.91. The molecule has 0 amide bonds. The number of aromatic nitrogens is 1. The number of benzene rings is 2. The van der Waals surface area contributed by atoms with E-state index in [1.807, 2.05) is 35.0 Å². The fraction of sp³-hybridized carbons (Fsp3) is 0.0625. The summed E-state index contributed by atoms with van der Waals surface area (Å²) in [5, 5.41) is 11.4. The van der Waals surface area contributed by atoms with Gasteiger partial charge in [0.15, 0.2) is 3.95 Å². The summed E-state index contributed by atoms with van der Waals surface area (Å²) < 4.78 is 2.74. The maximum Gasteiger partial charge on any atom is 0.269 e. The van der Waals surface area contributed by atoms with Gasteiger partial charge in [-0.25, -0.2) is 0 Å². The Bertz CT molecular complexity index is 899. The Balaban J connectivity index is 1.87. The molecular formula is C16H11ClN2O2S2. The summed E-state index contributed by atoms with van der Waals surface area (Å²) in [6, 6.07) is 14.1. The quantitative estimate of drug-likeness (QED) is 0.347. The predicted molar refractivity (Wildman–Crippen MR) is 95.8 cm³/mol. The summed E-state index contributed by atoms with van der Waals surface area (Å²) in [5.74, 6) is 0. The van der Waals surface area contributed by atoms with Crippen LogP contribution in [0.2, 0.25) is 5.02 Å². The van der Waals surface area contributed by atoms with Crippen LogP contribution in [-0.2, 0) is 6.54 Å². The van der Waals surface area contributed by atoms with E-state index >= 15 is 0 Å². The Morgan fingerprint density at radius 2 is 1.78 bits per heavy atom. The first kappa shape index (κ1) is 15.9. The Morgan fingerprint density at radius 3 is 2.39 bits per heavy atom. The summed E-state index contributed by atoms with van der Waals surface area (Å²) in [6.07, 6.45) is 1.97. The van der Waals surface area contributed by atoms with Crippen molar-refractivity contribution in [1.29, 1.82) is 0 Å². The normalized spacial score (nSPS) is 10.7. The van der Waals surface area contributed by atoms with Gasteiger partial charge in [0.05, 0.1) is 9.80 Å². The van der Waals surface area contributed by atoms with E-state index in [1.165, 1.54) is 23.5 Å². The lowest BCUT2D eigenvalue weighted by molar-refractivity contribution is -0.384. The highest BCUT2D eigenvalue weighted by Crippen LogP contribution is 2.28. The Labute approximate surface area is 146 Å². The molecule has 2 aromatic carbocycles. The second-order valence-corrected chi connectivity index (χ2v) is 7.03. The smallest absolute Gasteiger partial charge is 0.269 e. The second kappa shape index (κ2) is 6.62. The summed E-state index contributed by atoms with van der Waals surface area (Å²) in [4.78, 5) is 11.3. The van der Waals surface area contributed by atoms with E-state index in [4.69, 9.17) is 23.8 Å². The Hall–Kier alpha value is -2.02. The van der Waals surface area contributed by atoms with E-state index in [0.717, 1.165) is 20.0 Å². The first-order chi connectivity index (χ1) is 11.0. The summed E-state index contributed by atoms with van der Waals surface area (Å²) >= 11 is 12.8. The minimum Gasteiger partial charge on any atom is -0.325 e. The van der Waals surface area contributed by atoms with E-state index in [0.29, 0.717) is 11.6 Å². The molecule has 0 saturated heterocycles. The number of halogens is 1. The zero-order chi connectivity index (χ0) is 16.4. The van der Waals surface area contributed by atoms with E-state index in [2.05, 4.69) is 0 Å². The largest absolute Gasteiger partial charge is 0.325 e. The van der Waals surface area contributed by atoms with Gasteiger partial charge in [0.2, 0.25) is 0 Å². The molecule has 0 radical (unpaired) electrons. The SMILES string of the molecule is O=[N+]([O-])c1ccc(-c2cn(Cc3ccc(Cl)cc3)c(=S)s2)cc1. The van der Waals surface area contributed by atoms with Gasteiger partial charge in [0.25, 0.3) is 5.69 Å². The van der Waals surface area contributed by atoms with Crippen LogP contribution in [-0.4, -0.2) is 9.49 Å². The van der Waals surface area contributed by atoms with Crippen molar-refractivity contribution in [2.24, 2.45) is 0 Å². The van der Waals surface area contributed by atoms with E-state index in [-0.39, 0.29) is 5.69 Å². The number of hydrogen-bond acceptors (Lipinski definition) is 4. The standard InChI is InChI=1S/C16H11ClN2O2S2/c17-13-5-1-11(2-6-13)9-18-10-15(23-16(18)22)12-3-7-14(8-4-12)19(20)21/h1-8,10H,9H2. The summed E-state index contributed by atoms with van der Waals surface area (Å²) in [5.41, 5.74) is 2.11. The van der Waals surface area contributed by atoms with Crippen molar-refractivity contribution in [3.63, 3.8) is 0 Å². The molecule has 116 valence electrons. The van der Waals surface area contributed by atoms with Crippen LogP contribution in [0.25, 0.3) is 10.4 Å². The molecule has 0 aliphatic carbocycles. The number of nitro benzene ring substituents is 1. The number of nitro groups is 1. The van der Waals surface area contributed by atoms with Crippen molar-refractivity contribution in [2.45, 2.75) is 6.54 Å². The monoisotopic (exact) mass is 362 g/mol. The van der Waals surface area contributed by atoms with Crippen LogP contribution < -0.4 is 0 Å². The van der Waals surface area contributed by atoms with Crippen LogP contribution in [0.3, 0.4) is 0 Å². The van der Waals surface area contributed by atoms with Gasteiger partial charge < -0.3 is 4.57 Å². The molecule has 0 fully saturated rings. The highest BCUT2D eigenvalue weighted by Gasteiger charge is 2.08. The van der Waals surface area contributed by atoms with Crippen LogP contribution in [0, 0.1) is 14.1 Å². The van der Waals surface area contributed by atoms with Crippen LogP contribution in [0.15, 0.2) is 54.7 Å². The lowest BCUT2D eigenvalue weighted by Gasteiger charge is -2.03. The zero-order valence-electron chi connectivity index (χ0n) is 11.8. The van der Waals surface area contributed by atoms with E-state index in [1.54, 1.807) is 12.1 Å². The third kappa shape index (κ3) is 3.67. The van der Waals surface area contributed by atoms with Gasteiger partial charge >= 0.3 is 0 Å². The van der Waals surface area contributed by atoms with Gasteiger partial charge in [-0.1, -0.05) is 23.7 Å². The van der Waals surface area contributed by atoms with Crippen molar-refractivity contribution in [1.82, 2.24) is 4.57 Å². The van der Waals surface area contributed by atoms with E-state index < -0.39 is 4.92 Å². The molecule has 0 N–H and O–H groups in total. The Morgan fingerprint density at radius 1 is 1.13 bits per heavy atom. The third-order valence-corrected chi connectivity index (χ3v) is 5.04. The molecule has 1 aromatic heterocycles. The second-order valence-electron chi connectivity index (χ2n) is 4.92. The first-order valence-electron chi connectivity index (χ1n) is 6.72. The average molecular weight is 363 g/mol.